The smallest absolute Gasteiger partial charge is 0.292 e. The highest BCUT2D eigenvalue weighted by Crippen LogP contribution is 2.23. The maximum Gasteiger partial charge on any atom is 0.292 e. The monoisotopic (exact) mass is 390 g/mol. The average molecular weight is 390 g/mol. The van der Waals surface area contributed by atoms with Gasteiger partial charge in [0.1, 0.15) is 11.7 Å². The molecule has 0 fully saturated rings. The number of amides is 1. The first kappa shape index (κ1) is 20.2. The van der Waals surface area contributed by atoms with Crippen LogP contribution in [0.5, 0.6) is 0 Å². The zero-order chi connectivity index (χ0) is 20.8. The van der Waals surface area contributed by atoms with Gasteiger partial charge in [-0.25, -0.2) is 0 Å². The molecule has 0 saturated carbocycles. The van der Waals surface area contributed by atoms with Crippen LogP contribution in [0, 0.1) is 17.0 Å². The highest BCUT2D eigenvalue weighted by molar-refractivity contribution is 5.95. The summed E-state index contributed by atoms with van der Waals surface area (Å²) in [5, 5.41) is 15.9. The Hall–Kier alpha value is -3.51. The van der Waals surface area contributed by atoms with Gasteiger partial charge >= 0.3 is 0 Å². The number of nitro benzene ring substituents is 1. The maximum absolute atomic E-state index is 12.8. The Morgan fingerprint density at radius 2 is 1.52 bits per heavy atom. The number of aryl methyl sites for hydroxylation is 1. The SMILES string of the molecule is Cc1ccc([C@H]([NH2+][C@@H](C)C(=O)Nc2ccccc2[N+](=O)[O-])c2ccccc2)cc1. The fraction of sp³-hybridized carbons (Fsp3) is 0.174. The largest absolute Gasteiger partial charge is 0.326 e. The second-order valence-electron chi connectivity index (χ2n) is 7.04. The minimum Gasteiger partial charge on any atom is -0.326 e. The molecule has 0 aliphatic heterocycles. The van der Waals surface area contributed by atoms with Gasteiger partial charge in [0.15, 0.2) is 6.04 Å². The standard InChI is InChI=1S/C23H23N3O3/c1-16-12-14-19(15-13-16)22(18-8-4-3-5-9-18)24-17(2)23(27)25-20-10-6-7-11-21(20)26(28)29/h3-15,17,22,24H,1-2H3,(H,25,27)/p+1/t17-,22+/m0/s1. The van der Waals surface area contributed by atoms with Crippen LogP contribution in [0.2, 0.25) is 0 Å². The van der Waals surface area contributed by atoms with E-state index in [9.17, 15) is 14.9 Å². The second kappa shape index (κ2) is 9.12. The van der Waals surface area contributed by atoms with Gasteiger partial charge in [0.25, 0.3) is 11.6 Å². The topological polar surface area (TPSA) is 88.8 Å². The number of rotatable bonds is 7. The normalized spacial score (nSPS) is 12.8. The molecule has 1 amide bonds. The average Bonchev–Trinajstić information content (AvgIpc) is 2.73. The van der Waals surface area contributed by atoms with Gasteiger partial charge in [0, 0.05) is 17.2 Å². The summed E-state index contributed by atoms with van der Waals surface area (Å²) in [5.41, 5.74) is 3.43. The fourth-order valence-electron chi connectivity index (χ4n) is 3.21. The molecule has 0 aliphatic carbocycles. The van der Waals surface area contributed by atoms with Crippen LogP contribution in [0.15, 0.2) is 78.9 Å². The Bertz CT molecular complexity index is 988. The van der Waals surface area contributed by atoms with Gasteiger partial charge in [0.2, 0.25) is 0 Å². The van der Waals surface area contributed by atoms with Crippen LogP contribution in [0.4, 0.5) is 11.4 Å². The number of nitro groups is 1. The van der Waals surface area contributed by atoms with Crippen LogP contribution < -0.4 is 10.6 Å². The third-order valence-electron chi connectivity index (χ3n) is 4.85. The number of para-hydroxylation sites is 2. The number of carbonyl (C=O) groups excluding carboxylic acids is 1. The summed E-state index contributed by atoms with van der Waals surface area (Å²) in [6, 6.07) is 23.8. The zero-order valence-electron chi connectivity index (χ0n) is 16.4. The first-order valence-corrected chi connectivity index (χ1v) is 9.46. The van der Waals surface area contributed by atoms with E-state index in [0.717, 1.165) is 11.1 Å². The fourth-order valence-corrected chi connectivity index (χ4v) is 3.21. The Labute approximate surface area is 169 Å². The van der Waals surface area contributed by atoms with Crippen molar-refractivity contribution in [3.05, 3.63) is 106 Å². The third kappa shape index (κ3) is 5.06. The van der Waals surface area contributed by atoms with E-state index in [4.69, 9.17) is 0 Å². The Morgan fingerprint density at radius 1 is 0.931 bits per heavy atom. The van der Waals surface area contributed by atoms with Gasteiger partial charge < -0.3 is 10.6 Å². The molecule has 0 aliphatic rings. The van der Waals surface area contributed by atoms with Crippen molar-refractivity contribution in [3.8, 4) is 0 Å². The van der Waals surface area contributed by atoms with Crippen LogP contribution in [-0.4, -0.2) is 16.9 Å². The summed E-state index contributed by atoms with van der Waals surface area (Å²) in [6.45, 7) is 3.84. The molecule has 0 saturated heterocycles. The number of nitrogens with zero attached hydrogens (tertiary/aromatic N) is 1. The molecule has 29 heavy (non-hydrogen) atoms. The van der Waals surface area contributed by atoms with E-state index in [0.29, 0.717) is 0 Å². The van der Waals surface area contributed by atoms with Crippen molar-refractivity contribution in [3.63, 3.8) is 0 Å². The van der Waals surface area contributed by atoms with Crippen molar-refractivity contribution in [2.45, 2.75) is 25.9 Å². The predicted octanol–water partition coefficient (Wildman–Crippen LogP) is 3.58. The summed E-state index contributed by atoms with van der Waals surface area (Å²) in [5.74, 6) is -0.285. The summed E-state index contributed by atoms with van der Waals surface area (Å²) in [4.78, 5) is 23.5. The summed E-state index contributed by atoms with van der Waals surface area (Å²) in [6.07, 6.45) is 0. The lowest BCUT2D eigenvalue weighted by Gasteiger charge is -2.21. The van der Waals surface area contributed by atoms with Crippen molar-refractivity contribution in [1.82, 2.24) is 0 Å². The molecule has 3 rings (SSSR count). The van der Waals surface area contributed by atoms with E-state index in [1.807, 2.05) is 42.6 Å². The van der Waals surface area contributed by atoms with Crippen LogP contribution in [0.25, 0.3) is 0 Å². The van der Waals surface area contributed by atoms with Crippen molar-refractivity contribution in [2.75, 3.05) is 5.32 Å². The molecule has 6 nitrogen and oxygen atoms in total. The first-order valence-electron chi connectivity index (χ1n) is 9.46. The number of hydrogen-bond acceptors (Lipinski definition) is 3. The van der Waals surface area contributed by atoms with Crippen LogP contribution in [-0.2, 0) is 4.79 Å². The molecule has 0 unspecified atom stereocenters. The van der Waals surface area contributed by atoms with Gasteiger partial charge in [0.05, 0.1) is 4.92 Å². The molecular weight excluding hydrogens is 366 g/mol. The molecule has 3 aromatic rings. The number of anilines is 1. The minimum absolute atomic E-state index is 0.0664. The van der Waals surface area contributed by atoms with Crippen molar-refractivity contribution >= 4 is 17.3 Å². The molecule has 2 atom stereocenters. The number of quaternary nitrogens is 1. The molecule has 0 heterocycles. The zero-order valence-corrected chi connectivity index (χ0v) is 16.4. The Kier molecular flexibility index (Phi) is 6.36. The molecule has 0 spiro atoms. The van der Waals surface area contributed by atoms with E-state index in [1.165, 1.54) is 17.7 Å². The van der Waals surface area contributed by atoms with E-state index in [1.54, 1.807) is 19.1 Å². The van der Waals surface area contributed by atoms with Gasteiger partial charge in [-0.05, 0) is 19.9 Å². The van der Waals surface area contributed by atoms with Crippen LogP contribution >= 0.6 is 0 Å². The number of nitrogens with one attached hydrogen (secondary N) is 1. The molecule has 0 aromatic heterocycles. The summed E-state index contributed by atoms with van der Waals surface area (Å²) < 4.78 is 0. The second-order valence-corrected chi connectivity index (χ2v) is 7.04. The van der Waals surface area contributed by atoms with Gasteiger partial charge in [-0.15, -0.1) is 0 Å². The molecule has 148 valence electrons. The van der Waals surface area contributed by atoms with Crippen molar-refractivity contribution in [2.24, 2.45) is 0 Å². The van der Waals surface area contributed by atoms with Crippen LogP contribution in [0.3, 0.4) is 0 Å². The molecule has 0 radical (unpaired) electrons. The number of benzene rings is 3. The van der Waals surface area contributed by atoms with E-state index in [-0.39, 0.29) is 23.3 Å². The third-order valence-corrected chi connectivity index (χ3v) is 4.85. The van der Waals surface area contributed by atoms with E-state index in [2.05, 4.69) is 29.6 Å². The highest BCUT2D eigenvalue weighted by Gasteiger charge is 2.26. The van der Waals surface area contributed by atoms with E-state index >= 15 is 0 Å². The maximum atomic E-state index is 12.8. The van der Waals surface area contributed by atoms with Gasteiger partial charge in [-0.1, -0.05) is 72.3 Å². The number of carbonyl (C=O) groups is 1. The lowest BCUT2D eigenvalue weighted by atomic mass is 9.97. The van der Waals surface area contributed by atoms with Gasteiger partial charge in [-0.2, -0.15) is 0 Å². The predicted molar refractivity (Wildman–Crippen MR) is 113 cm³/mol. The highest BCUT2D eigenvalue weighted by atomic mass is 16.6. The van der Waals surface area contributed by atoms with Crippen LogP contribution in [0.1, 0.15) is 29.7 Å². The Balaban J connectivity index is 1.81. The lowest BCUT2D eigenvalue weighted by Crippen LogP contribution is -2.92. The van der Waals surface area contributed by atoms with Crippen molar-refractivity contribution in [1.29, 1.82) is 0 Å². The summed E-state index contributed by atoms with van der Waals surface area (Å²) >= 11 is 0. The van der Waals surface area contributed by atoms with Crippen molar-refractivity contribution < 1.29 is 15.0 Å². The first-order chi connectivity index (χ1) is 14.0. The quantitative estimate of drug-likeness (QED) is 0.477. The lowest BCUT2D eigenvalue weighted by molar-refractivity contribution is -0.704. The molecule has 6 heteroatoms. The van der Waals surface area contributed by atoms with Gasteiger partial charge in [-0.3, -0.25) is 14.9 Å². The number of hydrogen-bond donors (Lipinski definition) is 2. The van der Waals surface area contributed by atoms with E-state index < -0.39 is 11.0 Å². The number of nitrogens with two attached hydrogens (primary N) is 1. The summed E-state index contributed by atoms with van der Waals surface area (Å²) in [7, 11) is 0. The minimum atomic E-state index is -0.497. The molecular formula is C23H24N3O3+. The molecule has 3 N–H and O–H groups in total. The molecule has 3 aromatic carbocycles. The Morgan fingerprint density at radius 3 is 2.17 bits per heavy atom. The molecule has 0 bridgehead atoms.